The Labute approximate surface area is 81.3 Å². The van der Waals surface area contributed by atoms with Gasteiger partial charge < -0.3 is 9.05 Å². The summed E-state index contributed by atoms with van der Waals surface area (Å²) in [7, 11) is -2.87. The van der Waals surface area contributed by atoms with Crippen LogP contribution in [0.2, 0.25) is 0 Å². The van der Waals surface area contributed by atoms with E-state index in [1.807, 2.05) is 34.6 Å². The maximum absolute atomic E-state index is 12.1. The summed E-state index contributed by atoms with van der Waals surface area (Å²) in [4.78, 5) is 0. The number of hydrogen-bond donors (Lipinski definition) is 0. The molecule has 0 bridgehead atoms. The summed E-state index contributed by atoms with van der Waals surface area (Å²) >= 11 is 0. The highest BCUT2D eigenvalue weighted by Gasteiger charge is 2.33. The van der Waals surface area contributed by atoms with Gasteiger partial charge in [-0.05, 0) is 19.8 Å². The van der Waals surface area contributed by atoms with Crippen molar-refractivity contribution in [3.8, 4) is 0 Å². The van der Waals surface area contributed by atoms with E-state index in [9.17, 15) is 4.57 Å². The molecule has 1 atom stereocenters. The zero-order valence-electron chi connectivity index (χ0n) is 9.24. The van der Waals surface area contributed by atoms with Crippen LogP contribution < -0.4 is 0 Å². The molecule has 0 amide bonds. The molecule has 0 radical (unpaired) electrons. The minimum absolute atomic E-state index is 0.0348. The molecule has 0 N–H and O–H groups in total. The molecule has 0 aliphatic heterocycles. The van der Waals surface area contributed by atoms with Crippen LogP contribution in [0.4, 0.5) is 0 Å². The standard InChI is InChI=1S/C9H21O3P/c1-6-11-13(10,12-7-2)9(5)8(3)4/h8-9H,6-7H2,1-5H3/t9-/m0/s1. The maximum Gasteiger partial charge on any atom is 0.333 e. The van der Waals surface area contributed by atoms with Crippen molar-refractivity contribution in [1.82, 2.24) is 0 Å². The lowest BCUT2D eigenvalue weighted by Crippen LogP contribution is -2.15. The summed E-state index contributed by atoms with van der Waals surface area (Å²) in [6.45, 7) is 10.5. The normalized spacial score (nSPS) is 14.9. The first-order valence-electron chi connectivity index (χ1n) is 4.86. The second-order valence-corrected chi connectivity index (χ2v) is 5.77. The Morgan fingerprint density at radius 3 is 1.69 bits per heavy atom. The first kappa shape index (κ1) is 13.2. The van der Waals surface area contributed by atoms with E-state index in [1.54, 1.807) is 0 Å². The summed E-state index contributed by atoms with van der Waals surface area (Å²) in [6.07, 6.45) is 0. The van der Waals surface area contributed by atoms with Gasteiger partial charge in [-0.25, -0.2) is 0 Å². The van der Waals surface area contributed by atoms with Crippen molar-refractivity contribution < 1.29 is 13.6 Å². The average Bonchev–Trinajstić information content (AvgIpc) is 2.03. The highest BCUT2D eigenvalue weighted by atomic mass is 31.2. The Balaban J connectivity index is 4.47. The third kappa shape index (κ3) is 3.80. The monoisotopic (exact) mass is 208 g/mol. The van der Waals surface area contributed by atoms with Crippen LogP contribution in [0, 0.1) is 5.92 Å². The Morgan fingerprint density at radius 2 is 1.46 bits per heavy atom. The second kappa shape index (κ2) is 5.79. The van der Waals surface area contributed by atoms with Crippen LogP contribution in [0.25, 0.3) is 0 Å². The van der Waals surface area contributed by atoms with E-state index in [0.717, 1.165) is 0 Å². The molecule has 0 aromatic carbocycles. The van der Waals surface area contributed by atoms with Crippen molar-refractivity contribution in [2.45, 2.75) is 40.3 Å². The fraction of sp³-hybridized carbons (Fsp3) is 1.00. The number of hydrogen-bond acceptors (Lipinski definition) is 3. The first-order valence-corrected chi connectivity index (χ1v) is 6.47. The fourth-order valence-electron chi connectivity index (χ4n) is 0.997. The molecule has 0 unspecified atom stereocenters. The summed E-state index contributed by atoms with van der Waals surface area (Å²) in [5, 5.41) is 0. The molecular formula is C9H21O3P. The molecule has 0 fully saturated rings. The topological polar surface area (TPSA) is 35.5 Å². The van der Waals surface area contributed by atoms with Gasteiger partial charge in [0.25, 0.3) is 0 Å². The molecule has 13 heavy (non-hydrogen) atoms. The lowest BCUT2D eigenvalue weighted by atomic mass is 10.2. The van der Waals surface area contributed by atoms with E-state index < -0.39 is 7.60 Å². The summed E-state index contributed by atoms with van der Waals surface area (Å²) in [5.74, 6) is 0.309. The largest absolute Gasteiger partial charge is 0.333 e. The van der Waals surface area contributed by atoms with Gasteiger partial charge in [0, 0.05) is 0 Å². The molecule has 3 nitrogen and oxygen atoms in total. The summed E-state index contributed by atoms with van der Waals surface area (Å²) in [6, 6.07) is 0. The van der Waals surface area contributed by atoms with Crippen LogP contribution in [-0.2, 0) is 13.6 Å². The van der Waals surface area contributed by atoms with Crippen LogP contribution in [-0.4, -0.2) is 18.9 Å². The van der Waals surface area contributed by atoms with Crippen molar-refractivity contribution in [2.75, 3.05) is 13.2 Å². The fourth-order valence-corrected chi connectivity index (χ4v) is 2.99. The van der Waals surface area contributed by atoms with Gasteiger partial charge >= 0.3 is 7.60 Å². The summed E-state index contributed by atoms with van der Waals surface area (Å²) < 4.78 is 22.6. The van der Waals surface area contributed by atoms with Crippen molar-refractivity contribution >= 4 is 7.60 Å². The minimum atomic E-state index is -2.87. The quantitative estimate of drug-likeness (QED) is 0.628. The first-order chi connectivity index (χ1) is 5.98. The smallest absolute Gasteiger partial charge is 0.309 e. The van der Waals surface area contributed by atoms with E-state index in [2.05, 4.69) is 0 Å². The molecule has 4 heteroatoms. The van der Waals surface area contributed by atoms with Crippen molar-refractivity contribution in [3.05, 3.63) is 0 Å². The van der Waals surface area contributed by atoms with Gasteiger partial charge in [0.05, 0.1) is 18.9 Å². The van der Waals surface area contributed by atoms with Gasteiger partial charge in [-0.3, -0.25) is 4.57 Å². The predicted octanol–water partition coefficient (Wildman–Crippen LogP) is 3.30. The maximum atomic E-state index is 12.1. The van der Waals surface area contributed by atoms with E-state index in [1.165, 1.54) is 0 Å². The average molecular weight is 208 g/mol. The molecule has 0 saturated carbocycles. The molecule has 0 aliphatic rings. The number of rotatable bonds is 6. The van der Waals surface area contributed by atoms with Crippen LogP contribution in [0.15, 0.2) is 0 Å². The molecule has 0 aromatic heterocycles. The Kier molecular flexibility index (Phi) is 5.86. The molecule has 80 valence electrons. The van der Waals surface area contributed by atoms with E-state index in [0.29, 0.717) is 19.1 Å². The van der Waals surface area contributed by atoms with Crippen LogP contribution in [0.1, 0.15) is 34.6 Å². The Hall–Kier alpha value is 0.150. The molecule has 0 aromatic rings. The van der Waals surface area contributed by atoms with E-state index in [4.69, 9.17) is 9.05 Å². The molecule has 0 heterocycles. The van der Waals surface area contributed by atoms with Gasteiger partial charge in [0.2, 0.25) is 0 Å². The highest BCUT2D eigenvalue weighted by Crippen LogP contribution is 2.55. The molecule has 0 aliphatic carbocycles. The van der Waals surface area contributed by atoms with Crippen LogP contribution in [0.5, 0.6) is 0 Å². The van der Waals surface area contributed by atoms with Gasteiger partial charge in [-0.2, -0.15) is 0 Å². The van der Waals surface area contributed by atoms with Gasteiger partial charge in [0.1, 0.15) is 0 Å². The molecule has 0 spiro atoms. The molecule has 0 saturated heterocycles. The molecular weight excluding hydrogens is 187 g/mol. The van der Waals surface area contributed by atoms with Crippen molar-refractivity contribution in [3.63, 3.8) is 0 Å². The van der Waals surface area contributed by atoms with Gasteiger partial charge in [0.15, 0.2) is 0 Å². The third-order valence-corrected chi connectivity index (χ3v) is 4.91. The Morgan fingerprint density at radius 1 is 1.08 bits per heavy atom. The van der Waals surface area contributed by atoms with Crippen LogP contribution >= 0.6 is 7.60 Å². The Bertz CT molecular complexity index is 170. The second-order valence-electron chi connectivity index (χ2n) is 3.36. The van der Waals surface area contributed by atoms with Crippen LogP contribution in [0.3, 0.4) is 0 Å². The third-order valence-electron chi connectivity index (χ3n) is 2.08. The van der Waals surface area contributed by atoms with Gasteiger partial charge in [-0.15, -0.1) is 0 Å². The predicted molar refractivity (Wildman–Crippen MR) is 55.2 cm³/mol. The molecule has 0 rings (SSSR count). The van der Waals surface area contributed by atoms with Crippen molar-refractivity contribution in [2.24, 2.45) is 5.92 Å². The van der Waals surface area contributed by atoms with E-state index in [-0.39, 0.29) is 5.66 Å². The lowest BCUT2D eigenvalue weighted by Gasteiger charge is -2.25. The SMILES string of the molecule is CCOP(=O)(OCC)[C@@H](C)C(C)C. The zero-order chi connectivity index (χ0) is 10.5. The zero-order valence-corrected chi connectivity index (χ0v) is 10.1. The summed E-state index contributed by atoms with van der Waals surface area (Å²) in [5.41, 5.74) is -0.0348. The lowest BCUT2D eigenvalue weighted by molar-refractivity contribution is 0.208. The minimum Gasteiger partial charge on any atom is -0.309 e. The van der Waals surface area contributed by atoms with Gasteiger partial charge in [-0.1, -0.05) is 20.8 Å². The van der Waals surface area contributed by atoms with E-state index >= 15 is 0 Å². The highest BCUT2D eigenvalue weighted by molar-refractivity contribution is 7.54. The van der Waals surface area contributed by atoms with Crippen molar-refractivity contribution in [1.29, 1.82) is 0 Å².